The highest BCUT2D eigenvalue weighted by molar-refractivity contribution is 7.17. The molecule has 0 radical (unpaired) electrons. The van der Waals surface area contributed by atoms with Gasteiger partial charge < -0.3 is 16.8 Å². The highest BCUT2D eigenvalue weighted by Gasteiger charge is 2.13. The molecule has 0 bridgehead atoms. The predicted octanol–water partition coefficient (Wildman–Crippen LogP) is 2.44. The van der Waals surface area contributed by atoms with Gasteiger partial charge in [-0.3, -0.25) is 4.79 Å². The summed E-state index contributed by atoms with van der Waals surface area (Å²) in [6, 6.07) is 9.59. The molecule has 0 unspecified atom stereocenters. The molecule has 24 heavy (non-hydrogen) atoms. The van der Waals surface area contributed by atoms with Crippen LogP contribution in [-0.4, -0.2) is 15.9 Å². The number of carbonyl (C=O) groups excluding carboxylic acids is 1. The molecule has 0 saturated heterocycles. The number of nitrogens with two attached hydrogens (primary N) is 2. The van der Waals surface area contributed by atoms with Gasteiger partial charge in [0.25, 0.3) is 5.91 Å². The summed E-state index contributed by atoms with van der Waals surface area (Å²) >= 11 is 1.26. The fourth-order valence-corrected chi connectivity index (χ4v) is 3.02. The Morgan fingerprint density at radius 3 is 2.79 bits per heavy atom. The molecule has 3 aromatic rings. The molecular weight excluding hydrogens is 329 g/mol. The van der Waals surface area contributed by atoms with Crippen molar-refractivity contribution >= 4 is 28.9 Å². The molecule has 0 aliphatic heterocycles. The van der Waals surface area contributed by atoms with Crippen LogP contribution in [-0.2, 0) is 6.54 Å². The highest BCUT2D eigenvalue weighted by atomic mass is 32.1. The molecule has 0 spiro atoms. The van der Waals surface area contributed by atoms with Gasteiger partial charge in [-0.2, -0.15) is 0 Å². The molecule has 3 rings (SSSR count). The topological polar surface area (TPSA) is 107 Å². The summed E-state index contributed by atoms with van der Waals surface area (Å²) < 4.78 is 13.7. The first-order valence-corrected chi connectivity index (χ1v) is 7.86. The van der Waals surface area contributed by atoms with Gasteiger partial charge in [0.05, 0.1) is 15.4 Å². The largest absolute Gasteiger partial charge is 0.398 e. The highest BCUT2D eigenvalue weighted by Crippen LogP contribution is 2.26. The van der Waals surface area contributed by atoms with Crippen molar-refractivity contribution in [2.75, 3.05) is 11.5 Å². The number of hydrogen-bond acceptors (Lipinski definition) is 6. The maximum Gasteiger partial charge on any atom is 0.261 e. The number of halogens is 1. The molecule has 122 valence electrons. The molecule has 5 N–H and O–H groups in total. The Bertz CT molecular complexity index is 875. The van der Waals surface area contributed by atoms with E-state index in [1.165, 1.54) is 23.5 Å². The fraction of sp³-hybridized carbons (Fsp3) is 0.0625. The van der Waals surface area contributed by atoms with E-state index in [-0.39, 0.29) is 24.0 Å². The maximum absolute atomic E-state index is 13.7. The van der Waals surface area contributed by atoms with Crippen LogP contribution in [0.4, 0.5) is 16.0 Å². The van der Waals surface area contributed by atoms with Crippen molar-refractivity contribution < 1.29 is 9.18 Å². The lowest BCUT2D eigenvalue weighted by Gasteiger charge is -2.08. The van der Waals surface area contributed by atoms with E-state index in [9.17, 15) is 9.18 Å². The third-order valence-corrected chi connectivity index (χ3v) is 4.44. The van der Waals surface area contributed by atoms with Crippen molar-refractivity contribution in [3.63, 3.8) is 0 Å². The van der Waals surface area contributed by atoms with Crippen molar-refractivity contribution in [2.45, 2.75) is 6.54 Å². The second-order valence-corrected chi connectivity index (χ2v) is 6.04. The first-order chi connectivity index (χ1) is 11.5. The molecule has 0 saturated carbocycles. The second kappa shape index (κ2) is 6.63. The van der Waals surface area contributed by atoms with E-state index < -0.39 is 5.82 Å². The Morgan fingerprint density at radius 1 is 1.21 bits per heavy atom. The van der Waals surface area contributed by atoms with Crippen LogP contribution in [0.15, 0.2) is 42.6 Å². The lowest BCUT2D eigenvalue weighted by Crippen LogP contribution is -2.23. The Balaban J connectivity index is 1.72. The van der Waals surface area contributed by atoms with E-state index >= 15 is 0 Å². The zero-order valence-corrected chi connectivity index (χ0v) is 13.3. The van der Waals surface area contributed by atoms with Crippen LogP contribution in [0.25, 0.3) is 10.6 Å². The first-order valence-electron chi connectivity index (χ1n) is 7.04. The molecule has 2 heterocycles. The van der Waals surface area contributed by atoms with Crippen molar-refractivity contribution in [3.05, 3.63) is 58.9 Å². The zero-order valence-electron chi connectivity index (χ0n) is 12.5. The third kappa shape index (κ3) is 3.33. The van der Waals surface area contributed by atoms with Gasteiger partial charge >= 0.3 is 0 Å². The van der Waals surface area contributed by atoms with E-state index in [0.29, 0.717) is 16.3 Å². The van der Waals surface area contributed by atoms with Gasteiger partial charge in [0.2, 0.25) is 5.95 Å². The van der Waals surface area contributed by atoms with Gasteiger partial charge in [-0.1, -0.05) is 6.07 Å². The van der Waals surface area contributed by atoms with Gasteiger partial charge in [-0.05, 0) is 30.3 Å². The van der Waals surface area contributed by atoms with E-state index in [1.807, 2.05) is 0 Å². The summed E-state index contributed by atoms with van der Waals surface area (Å²) in [5.74, 6) is -0.587. The number of thiophene rings is 1. The Labute approximate surface area is 141 Å². The van der Waals surface area contributed by atoms with Crippen LogP contribution in [0.3, 0.4) is 0 Å². The average Bonchev–Trinajstić information content (AvgIpc) is 3.04. The number of nitrogens with zero attached hydrogens (tertiary/aromatic N) is 2. The summed E-state index contributed by atoms with van der Waals surface area (Å²) in [4.78, 5) is 21.4. The molecule has 6 nitrogen and oxygen atoms in total. The number of anilines is 2. The minimum atomic E-state index is -0.446. The average molecular weight is 343 g/mol. The maximum atomic E-state index is 13.7. The molecule has 0 fully saturated rings. The zero-order chi connectivity index (χ0) is 17.1. The number of aromatic nitrogens is 2. The monoisotopic (exact) mass is 343 g/mol. The van der Waals surface area contributed by atoms with E-state index in [1.54, 1.807) is 30.5 Å². The molecule has 0 aliphatic rings. The Hall–Kier alpha value is -3.00. The second-order valence-electron chi connectivity index (χ2n) is 4.95. The fourth-order valence-electron chi connectivity index (χ4n) is 2.13. The number of hydrogen-bond donors (Lipinski definition) is 3. The molecule has 1 aromatic carbocycles. The third-order valence-electron chi connectivity index (χ3n) is 3.34. The minimum absolute atomic E-state index is 0.0189. The summed E-state index contributed by atoms with van der Waals surface area (Å²) in [6.45, 7) is 0.0189. The SMILES string of the molecule is Nc1nccc(-c2ccc(C(=O)NCc3c(N)cccc3F)s2)n1. The van der Waals surface area contributed by atoms with Gasteiger partial charge in [0, 0.05) is 24.0 Å². The Kier molecular flexibility index (Phi) is 4.39. The van der Waals surface area contributed by atoms with Crippen molar-refractivity contribution in [3.8, 4) is 10.6 Å². The van der Waals surface area contributed by atoms with E-state index in [2.05, 4.69) is 15.3 Å². The minimum Gasteiger partial charge on any atom is -0.398 e. The van der Waals surface area contributed by atoms with Crippen molar-refractivity contribution in [1.29, 1.82) is 0 Å². The van der Waals surface area contributed by atoms with Crippen LogP contribution < -0.4 is 16.8 Å². The molecule has 1 amide bonds. The van der Waals surface area contributed by atoms with Crippen molar-refractivity contribution in [2.24, 2.45) is 0 Å². The number of carbonyl (C=O) groups is 1. The molecular formula is C16H14FN5OS. The molecule has 0 aliphatic carbocycles. The van der Waals surface area contributed by atoms with E-state index in [0.717, 1.165) is 4.88 Å². The quantitative estimate of drug-likeness (QED) is 0.631. The summed E-state index contributed by atoms with van der Waals surface area (Å²) in [7, 11) is 0. The van der Waals surface area contributed by atoms with Crippen LogP contribution in [0.2, 0.25) is 0 Å². The number of nitrogens with one attached hydrogen (secondary N) is 1. The number of nitrogen functional groups attached to an aromatic ring is 2. The van der Waals surface area contributed by atoms with Gasteiger partial charge in [-0.15, -0.1) is 11.3 Å². The molecule has 0 atom stereocenters. The standard InChI is InChI=1S/C16H14FN5OS/c17-10-2-1-3-11(18)9(10)8-21-15(23)14-5-4-13(24-14)12-6-7-20-16(19)22-12/h1-7H,8,18H2,(H,21,23)(H2,19,20,22). The summed E-state index contributed by atoms with van der Waals surface area (Å²) in [5, 5.41) is 2.67. The number of amides is 1. The van der Waals surface area contributed by atoms with Gasteiger partial charge in [0.1, 0.15) is 5.82 Å². The van der Waals surface area contributed by atoms with Crippen LogP contribution in [0.5, 0.6) is 0 Å². The Morgan fingerprint density at radius 2 is 2.04 bits per heavy atom. The normalized spacial score (nSPS) is 10.5. The number of benzene rings is 1. The van der Waals surface area contributed by atoms with Gasteiger partial charge in [0.15, 0.2) is 0 Å². The lowest BCUT2D eigenvalue weighted by molar-refractivity contribution is 0.0955. The summed E-state index contributed by atoms with van der Waals surface area (Å²) in [5.41, 5.74) is 12.5. The van der Waals surface area contributed by atoms with Crippen LogP contribution >= 0.6 is 11.3 Å². The molecule has 8 heteroatoms. The first kappa shape index (κ1) is 15.9. The van der Waals surface area contributed by atoms with Gasteiger partial charge in [-0.25, -0.2) is 14.4 Å². The lowest BCUT2D eigenvalue weighted by atomic mass is 10.1. The van der Waals surface area contributed by atoms with Crippen LogP contribution in [0.1, 0.15) is 15.2 Å². The van der Waals surface area contributed by atoms with E-state index in [4.69, 9.17) is 11.5 Å². The number of rotatable bonds is 4. The smallest absolute Gasteiger partial charge is 0.261 e. The molecule has 2 aromatic heterocycles. The predicted molar refractivity (Wildman–Crippen MR) is 91.7 cm³/mol. The van der Waals surface area contributed by atoms with Crippen LogP contribution in [0, 0.1) is 5.82 Å². The van der Waals surface area contributed by atoms with Crippen molar-refractivity contribution in [1.82, 2.24) is 15.3 Å². The summed E-state index contributed by atoms with van der Waals surface area (Å²) in [6.07, 6.45) is 1.55.